The first-order chi connectivity index (χ1) is 18.2. The van der Waals surface area contributed by atoms with Crippen LogP contribution < -0.4 is 4.90 Å². The van der Waals surface area contributed by atoms with Crippen molar-refractivity contribution in [2.24, 2.45) is 27.0 Å². The highest BCUT2D eigenvalue weighted by Gasteiger charge is 2.60. The van der Waals surface area contributed by atoms with Crippen LogP contribution in [-0.4, -0.2) is 16.8 Å². The molecule has 0 spiro atoms. The summed E-state index contributed by atoms with van der Waals surface area (Å²) in [5.74, 6) is 1.63. The lowest BCUT2D eigenvalue weighted by atomic mass is 9.70. The monoisotopic (exact) mass is 563 g/mol. The molecule has 6 rings (SSSR count). The lowest BCUT2D eigenvalue weighted by Crippen LogP contribution is -2.32. The van der Waals surface area contributed by atoms with Gasteiger partial charge in [0.2, 0.25) is 5.17 Å². The smallest absolute Gasteiger partial charge is 0.271 e. The van der Waals surface area contributed by atoms with E-state index >= 15 is 0 Å². The minimum Gasteiger partial charge on any atom is -0.457 e. The third-order valence-corrected chi connectivity index (χ3v) is 10.0. The molecule has 2 bridgehead atoms. The summed E-state index contributed by atoms with van der Waals surface area (Å²) in [6.07, 6.45) is 5.08. The molecule has 0 radical (unpaired) electrons. The topological polar surface area (TPSA) is 58.2 Å². The Morgan fingerprint density at radius 1 is 1.03 bits per heavy atom. The molecule has 2 unspecified atom stereocenters. The van der Waals surface area contributed by atoms with E-state index in [0.717, 1.165) is 29.8 Å². The number of hydrogen-bond acceptors (Lipinski definition) is 5. The van der Waals surface area contributed by atoms with Gasteiger partial charge in [-0.3, -0.25) is 9.69 Å². The van der Waals surface area contributed by atoms with Crippen molar-refractivity contribution in [1.82, 2.24) is 0 Å². The lowest BCUT2D eigenvalue weighted by molar-refractivity contribution is -0.113. The summed E-state index contributed by atoms with van der Waals surface area (Å²) in [6.45, 7) is 7.01. The fraction of sp³-hybridized carbons (Fsp3) is 0.300. The molecule has 1 amide bonds. The van der Waals surface area contributed by atoms with Gasteiger partial charge in [-0.2, -0.15) is 5.10 Å². The number of amidine groups is 1. The second-order valence-corrected chi connectivity index (χ2v) is 12.8. The van der Waals surface area contributed by atoms with E-state index in [1.54, 1.807) is 29.2 Å². The van der Waals surface area contributed by atoms with Gasteiger partial charge in [0.25, 0.3) is 5.91 Å². The van der Waals surface area contributed by atoms with Gasteiger partial charge >= 0.3 is 0 Å². The first-order valence-electron chi connectivity index (χ1n) is 12.7. The van der Waals surface area contributed by atoms with Crippen molar-refractivity contribution in [2.45, 2.75) is 40.0 Å². The molecule has 3 fully saturated rings. The summed E-state index contributed by atoms with van der Waals surface area (Å²) < 4.78 is 6.03. The Kier molecular flexibility index (Phi) is 6.33. The fourth-order valence-corrected chi connectivity index (χ4v) is 7.38. The highest BCUT2D eigenvalue weighted by molar-refractivity contribution is 8.19. The predicted molar refractivity (Wildman–Crippen MR) is 158 cm³/mol. The van der Waals surface area contributed by atoms with Crippen molar-refractivity contribution >= 4 is 63.5 Å². The average molecular weight is 565 g/mol. The molecule has 3 aromatic rings. The number of nitrogens with zero attached hydrogens (tertiary/aromatic N) is 3. The number of furan rings is 1. The zero-order valence-electron chi connectivity index (χ0n) is 21.4. The average Bonchev–Trinajstić information content (AvgIpc) is 3.57. The number of halogens is 2. The van der Waals surface area contributed by atoms with E-state index in [2.05, 4.69) is 25.9 Å². The van der Waals surface area contributed by atoms with Gasteiger partial charge in [0.15, 0.2) is 0 Å². The van der Waals surface area contributed by atoms with Crippen LogP contribution in [0, 0.1) is 16.7 Å². The largest absolute Gasteiger partial charge is 0.457 e. The third-order valence-electron chi connectivity index (χ3n) is 8.64. The molecule has 3 aliphatic rings. The van der Waals surface area contributed by atoms with Crippen molar-refractivity contribution in [3.8, 4) is 11.3 Å². The van der Waals surface area contributed by atoms with Crippen molar-refractivity contribution in [2.75, 3.05) is 4.90 Å². The highest BCUT2D eigenvalue weighted by atomic mass is 35.5. The zero-order valence-corrected chi connectivity index (χ0v) is 23.7. The Bertz CT molecular complexity index is 1500. The zero-order chi connectivity index (χ0) is 26.7. The van der Waals surface area contributed by atoms with Gasteiger partial charge in [0, 0.05) is 32.8 Å². The molecule has 2 aliphatic carbocycles. The summed E-state index contributed by atoms with van der Waals surface area (Å²) in [7, 11) is 0. The summed E-state index contributed by atoms with van der Waals surface area (Å²) in [4.78, 5) is 15.7. The van der Waals surface area contributed by atoms with Crippen molar-refractivity contribution in [3.63, 3.8) is 0 Å². The lowest BCUT2D eigenvalue weighted by Gasteiger charge is -2.34. The van der Waals surface area contributed by atoms with Crippen LogP contribution >= 0.6 is 35.0 Å². The molecular weight excluding hydrogens is 537 g/mol. The molecule has 1 saturated heterocycles. The van der Waals surface area contributed by atoms with Gasteiger partial charge in [-0.25, -0.2) is 0 Å². The molecule has 194 valence electrons. The van der Waals surface area contributed by atoms with Crippen LogP contribution in [0.1, 0.15) is 45.8 Å². The van der Waals surface area contributed by atoms with Crippen LogP contribution in [0.15, 0.2) is 80.2 Å². The number of para-hydroxylation sites is 1. The number of carbonyl (C=O) groups excluding carboxylic acids is 1. The standard InChI is InChI=1S/C30H27Cl2N3O2S/c1-29(2)19-11-12-30(29,3)26(15-19)33-34-28-35(22-7-5-4-6-8-22)27(36)25(38-28)17-23-9-10-24(37-23)18-13-20(31)16-21(32)14-18/h4-10,13-14,16-17,19H,11-12,15H2,1-3H3/b25-17-,33-26+,34-28+. The molecule has 2 heterocycles. The second kappa shape index (κ2) is 9.44. The summed E-state index contributed by atoms with van der Waals surface area (Å²) in [6, 6.07) is 18.5. The van der Waals surface area contributed by atoms with E-state index < -0.39 is 0 Å². The minimum atomic E-state index is -0.164. The van der Waals surface area contributed by atoms with Gasteiger partial charge in [-0.05, 0) is 84.8 Å². The first kappa shape index (κ1) is 25.5. The van der Waals surface area contributed by atoms with Crippen LogP contribution in [0.5, 0.6) is 0 Å². The second-order valence-electron chi connectivity index (χ2n) is 10.9. The molecule has 2 aromatic carbocycles. The minimum absolute atomic E-state index is 0.0407. The number of fused-ring (bicyclic) bond motifs is 2. The van der Waals surface area contributed by atoms with E-state index in [0.29, 0.717) is 37.6 Å². The Hall–Kier alpha value is -2.80. The molecule has 2 atom stereocenters. The van der Waals surface area contributed by atoms with E-state index in [1.807, 2.05) is 42.5 Å². The Morgan fingerprint density at radius 2 is 1.76 bits per heavy atom. The number of thioether (sulfide) groups is 1. The van der Waals surface area contributed by atoms with Gasteiger partial charge in [-0.1, -0.05) is 62.2 Å². The van der Waals surface area contributed by atoms with Gasteiger partial charge in [0.05, 0.1) is 10.6 Å². The maximum atomic E-state index is 13.6. The molecule has 5 nitrogen and oxygen atoms in total. The molecule has 1 aliphatic heterocycles. The number of rotatable bonds is 4. The Balaban J connectivity index is 1.34. The van der Waals surface area contributed by atoms with Gasteiger partial charge < -0.3 is 4.42 Å². The normalized spacial score (nSPS) is 27.4. The van der Waals surface area contributed by atoms with Crippen molar-refractivity contribution < 1.29 is 9.21 Å². The fourth-order valence-electron chi connectivity index (χ4n) is 5.94. The van der Waals surface area contributed by atoms with Crippen LogP contribution in [0.25, 0.3) is 17.4 Å². The van der Waals surface area contributed by atoms with Gasteiger partial charge in [0.1, 0.15) is 11.5 Å². The van der Waals surface area contributed by atoms with Crippen molar-refractivity contribution in [1.29, 1.82) is 0 Å². The van der Waals surface area contributed by atoms with E-state index in [9.17, 15) is 4.79 Å². The van der Waals surface area contributed by atoms with Crippen LogP contribution in [-0.2, 0) is 4.79 Å². The number of hydrogen-bond donors (Lipinski definition) is 0. The summed E-state index contributed by atoms with van der Waals surface area (Å²) >= 11 is 13.6. The van der Waals surface area contributed by atoms with E-state index in [-0.39, 0.29) is 16.7 Å². The van der Waals surface area contributed by atoms with Crippen LogP contribution in [0.3, 0.4) is 0 Å². The molecule has 0 N–H and O–H groups in total. The number of benzene rings is 2. The van der Waals surface area contributed by atoms with Gasteiger partial charge in [-0.15, -0.1) is 5.10 Å². The quantitative estimate of drug-likeness (QED) is 0.235. The third kappa shape index (κ3) is 4.23. The Labute approximate surface area is 236 Å². The summed E-state index contributed by atoms with van der Waals surface area (Å²) in [5.41, 5.74) is 2.91. The molecule has 38 heavy (non-hydrogen) atoms. The Morgan fingerprint density at radius 3 is 2.42 bits per heavy atom. The maximum absolute atomic E-state index is 13.6. The molecule has 1 aromatic heterocycles. The van der Waals surface area contributed by atoms with Crippen LogP contribution in [0.2, 0.25) is 10.0 Å². The number of amides is 1. The summed E-state index contributed by atoms with van der Waals surface area (Å²) in [5, 5.41) is 11.1. The number of carbonyl (C=O) groups is 1. The SMILES string of the molecule is CC12CCC(C/C1=N\N=C1\S/C(=C\c3ccc(-c4cc(Cl)cc(Cl)c4)o3)C(=O)N1c1ccccc1)C2(C)C. The maximum Gasteiger partial charge on any atom is 0.271 e. The van der Waals surface area contributed by atoms with E-state index in [1.165, 1.54) is 18.2 Å². The molecule has 2 saturated carbocycles. The van der Waals surface area contributed by atoms with E-state index in [4.69, 9.17) is 32.7 Å². The van der Waals surface area contributed by atoms with Crippen LogP contribution in [0.4, 0.5) is 5.69 Å². The number of anilines is 1. The molecular formula is C30H27Cl2N3O2S. The van der Waals surface area contributed by atoms with Crippen molar-refractivity contribution in [3.05, 3.63) is 81.4 Å². The highest BCUT2D eigenvalue weighted by Crippen LogP contribution is 2.64. The predicted octanol–water partition coefficient (Wildman–Crippen LogP) is 8.93. The first-order valence-corrected chi connectivity index (χ1v) is 14.2. The molecule has 8 heteroatoms.